The number of aromatic nitrogens is 4. The number of nitrogens with zero attached hydrogens (tertiary/aromatic N) is 7. The van der Waals surface area contributed by atoms with Crippen LogP contribution < -0.4 is 9.80 Å². The monoisotopic (exact) mass is 505 g/mol. The molecule has 2 aromatic heterocycles. The number of hydrogen-bond donors (Lipinski definition) is 0. The van der Waals surface area contributed by atoms with Gasteiger partial charge in [-0.25, -0.2) is 9.97 Å². The van der Waals surface area contributed by atoms with E-state index in [9.17, 15) is 0 Å². The highest BCUT2D eigenvalue weighted by Gasteiger charge is 2.74. The molecule has 2 spiro atoms. The van der Waals surface area contributed by atoms with Gasteiger partial charge in [0.2, 0.25) is 10.3 Å². The Morgan fingerprint density at radius 1 is 0.943 bits per heavy atom. The van der Waals surface area contributed by atoms with E-state index >= 15 is 0 Å². The molecule has 35 heavy (non-hydrogen) atoms. The van der Waals surface area contributed by atoms with Gasteiger partial charge in [-0.1, -0.05) is 18.2 Å². The van der Waals surface area contributed by atoms with Crippen molar-refractivity contribution in [3.05, 3.63) is 41.5 Å². The number of likely N-dealkylation sites (tertiary alicyclic amines) is 1. The summed E-state index contributed by atoms with van der Waals surface area (Å²) in [7, 11) is 0. The van der Waals surface area contributed by atoms with Crippen molar-refractivity contribution in [2.75, 3.05) is 29.4 Å². The van der Waals surface area contributed by atoms with Crippen LogP contribution in [0.2, 0.25) is 0 Å². The van der Waals surface area contributed by atoms with Crippen LogP contribution in [-0.2, 0) is 5.41 Å². The normalized spacial score (nSPS) is 32.8. The van der Waals surface area contributed by atoms with Gasteiger partial charge in [0.15, 0.2) is 0 Å². The van der Waals surface area contributed by atoms with Gasteiger partial charge in [-0.05, 0) is 83.0 Å². The summed E-state index contributed by atoms with van der Waals surface area (Å²) < 4.78 is 8.95. The van der Waals surface area contributed by atoms with Crippen LogP contribution >= 0.6 is 23.1 Å². The molecule has 5 aliphatic rings. The minimum absolute atomic E-state index is 0.234. The quantitative estimate of drug-likeness (QED) is 0.479. The summed E-state index contributed by atoms with van der Waals surface area (Å²) in [5.74, 6) is 2.63. The standard InChI is InChI=1S/C26H31N7S2/c1-16-27-23(34-29-16)32-15-25(20-5-3-4-6-21(20)32)9-11-31(12-10-25)19-13-18-7-8-22-26(18,14-19)33(22)24-28-17(2)30-35-24/h3-6,18-19,22H,7-15H2,1-2H3. The largest absolute Gasteiger partial charge is 0.333 e. The zero-order chi connectivity index (χ0) is 23.4. The molecule has 0 N–H and O–H groups in total. The van der Waals surface area contributed by atoms with Gasteiger partial charge in [0, 0.05) is 46.8 Å². The summed E-state index contributed by atoms with van der Waals surface area (Å²) in [6, 6.07) is 10.5. The number of fused-ring (bicyclic) bond motifs is 2. The third-order valence-corrected chi connectivity index (χ3v) is 11.5. The zero-order valence-electron chi connectivity index (χ0n) is 20.4. The van der Waals surface area contributed by atoms with Gasteiger partial charge in [-0.2, -0.15) is 8.75 Å². The smallest absolute Gasteiger partial charge is 0.209 e. The molecule has 9 heteroatoms. The second-order valence-electron chi connectivity index (χ2n) is 11.4. The molecule has 2 aliphatic carbocycles. The molecule has 4 fully saturated rings. The highest BCUT2D eigenvalue weighted by Crippen LogP contribution is 2.66. The first-order valence-corrected chi connectivity index (χ1v) is 14.6. The van der Waals surface area contributed by atoms with E-state index in [0.717, 1.165) is 35.3 Å². The molecule has 0 amide bonds. The Labute approximate surface area is 214 Å². The lowest BCUT2D eigenvalue weighted by Crippen LogP contribution is -2.48. The van der Waals surface area contributed by atoms with Gasteiger partial charge in [0.05, 0.1) is 11.6 Å². The van der Waals surface area contributed by atoms with Crippen LogP contribution in [0.25, 0.3) is 0 Å². The summed E-state index contributed by atoms with van der Waals surface area (Å²) in [5, 5.41) is 2.22. The summed E-state index contributed by atoms with van der Waals surface area (Å²) in [4.78, 5) is 17.4. The van der Waals surface area contributed by atoms with E-state index in [4.69, 9.17) is 9.97 Å². The summed E-state index contributed by atoms with van der Waals surface area (Å²) in [6.45, 7) is 7.45. The molecule has 4 atom stereocenters. The predicted molar refractivity (Wildman–Crippen MR) is 140 cm³/mol. The molecule has 8 rings (SSSR count). The highest BCUT2D eigenvalue weighted by atomic mass is 32.1. The van der Waals surface area contributed by atoms with E-state index in [-0.39, 0.29) is 5.41 Å². The van der Waals surface area contributed by atoms with Gasteiger partial charge in [0.1, 0.15) is 11.6 Å². The Morgan fingerprint density at radius 3 is 2.43 bits per heavy atom. The maximum absolute atomic E-state index is 4.76. The summed E-state index contributed by atoms with van der Waals surface area (Å²) in [5.41, 5.74) is 3.49. The lowest BCUT2D eigenvalue weighted by molar-refractivity contribution is 0.118. The fourth-order valence-corrected chi connectivity index (χ4v) is 9.80. The minimum Gasteiger partial charge on any atom is -0.333 e. The molecule has 3 aromatic rings. The Balaban J connectivity index is 1.01. The molecule has 1 aromatic carbocycles. The molecule has 3 aliphatic heterocycles. The van der Waals surface area contributed by atoms with Crippen LogP contribution in [0.4, 0.5) is 16.0 Å². The number of para-hydroxylation sites is 1. The van der Waals surface area contributed by atoms with Gasteiger partial charge in [-0.3, -0.25) is 0 Å². The molecule has 2 saturated carbocycles. The number of rotatable bonds is 3. The molecule has 2 saturated heterocycles. The Kier molecular flexibility index (Phi) is 4.34. The van der Waals surface area contributed by atoms with Crippen molar-refractivity contribution in [2.24, 2.45) is 5.92 Å². The van der Waals surface area contributed by atoms with Crippen molar-refractivity contribution in [3.8, 4) is 0 Å². The van der Waals surface area contributed by atoms with E-state index in [1.54, 1.807) is 11.5 Å². The van der Waals surface area contributed by atoms with Gasteiger partial charge in [0.25, 0.3) is 0 Å². The molecule has 4 unspecified atom stereocenters. The Bertz CT molecular complexity index is 1290. The lowest BCUT2D eigenvalue weighted by Gasteiger charge is -2.42. The van der Waals surface area contributed by atoms with Crippen molar-refractivity contribution in [1.29, 1.82) is 0 Å². The predicted octanol–water partition coefficient (Wildman–Crippen LogP) is 4.69. The average molecular weight is 506 g/mol. The van der Waals surface area contributed by atoms with Crippen molar-refractivity contribution < 1.29 is 0 Å². The molecule has 0 bridgehead atoms. The number of aryl methyl sites for hydroxylation is 2. The van der Waals surface area contributed by atoms with Crippen LogP contribution in [-0.4, -0.2) is 60.9 Å². The second-order valence-corrected chi connectivity index (χ2v) is 12.9. The Hall–Kier alpha value is -2.10. The first-order valence-electron chi connectivity index (χ1n) is 13.1. The molecule has 5 heterocycles. The Morgan fingerprint density at radius 2 is 1.69 bits per heavy atom. The third kappa shape index (κ3) is 2.86. The van der Waals surface area contributed by atoms with E-state index in [2.05, 4.69) is 47.7 Å². The first kappa shape index (κ1) is 21.0. The van der Waals surface area contributed by atoms with Crippen LogP contribution in [0.15, 0.2) is 24.3 Å². The lowest BCUT2D eigenvalue weighted by atomic mass is 9.74. The number of piperidine rings is 2. The molecule has 0 radical (unpaired) electrons. The van der Waals surface area contributed by atoms with Crippen LogP contribution in [0.5, 0.6) is 0 Å². The average Bonchev–Trinajstić information content (AvgIpc) is 3.48. The molecule has 182 valence electrons. The van der Waals surface area contributed by atoms with Gasteiger partial charge in [-0.15, -0.1) is 0 Å². The summed E-state index contributed by atoms with van der Waals surface area (Å²) >= 11 is 3.13. The van der Waals surface area contributed by atoms with Gasteiger partial charge < -0.3 is 14.7 Å². The fraction of sp³-hybridized carbons (Fsp3) is 0.615. The van der Waals surface area contributed by atoms with E-state index < -0.39 is 0 Å². The minimum atomic E-state index is 0.234. The first-order chi connectivity index (χ1) is 17.1. The zero-order valence-corrected chi connectivity index (χ0v) is 22.0. The van der Waals surface area contributed by atoms with Crippen molar-refractivity contribution >= 4 is 39.0 Å². The maximum Gasteiger partial charge on any atom is 0.209 e. The number of benzene rings is 1. The third-order valence-electron chi connectivity index (χ3n) is 9.85. The SMILES string of the molecule is Cc1nsc(N2CC3(CCN(C4CC5CCC6N(c7nc(C)ns7)C56C4)CC3)c3ccccc32)n1. The molecule has 7 nitrogen and oxygen atoms in total. The summed E-state index contributed by atoms with van der Waals surface area (Å²) in [6.07, 6.45) is 7.89. The van der Waals surface area contributed by atoms with E-state index in [1.807, 2.05) is 13.8 Å². The van der Waals surface area contributed by atoms with Crippen LogP contribution in [0.3, 0.4) is 0 Å². The fourth-order valence-electron chi connectivity index (χ4n) is 8.29. The van der Waals surface area contributed by atoms with Crippen molar-refractivity contribution in [1.82, 2.24) is 23.6 Å². The second kappa shape index (κ2) is 7.23. The molecular formula is C26H31N7S2. The van der Waals surface area contributed by atoms with Crippen molar-refractivity contribution in [2.45, 2.75) is 75.4 Å². The topological polar surface area (TPSA) is 61.1 Å². The van der Waals surface area contributed by atoms with Gasteiger partial charge >= 0.3 is 0 Å². The maximum atomic E-state index is 4.76. The van der Waals surface area contributed by atoms with E-state index in [0.29, 0.717) is 11.6 Å². The van der Waals surface area contributed by atoms with Crippen molar-refractivity contribution in [3.63, 3.8) is 0 Å². The number of anilines is 3. The van der Waals surface area contributed by atoms with Crippen LogP contribution in [0.1, 0.15) is 55.7 Å². The van der Waals surface area contributed by atoms with Crippen LogP contribution in [0, 0.1) is 19.8 Å². The van der Waals surface area contributed by atoms with E-state index in [1.165, 1.54) is 79.5 Å². The number of hydrogen-bond acceptors (Lipinski definition) is 9. The molecular weight excluding hydrogens is 474 g/mol. The highest BCUT2D eigenvalue weighted by molar-refractivity contribution is 7.10.